The lowest BCUT2D eigenvalue weighted by atomic mass is 10.2. The minimum atomic E-state index is -0.483. The van der Waals surface area contributed by atoms with Crippen molar-refractivity contribution in [3.63, 3.8) is 0 Å². The van der Waals surface area contributed by atoms with E-state index in [2.05, 4.69) is 10.5 Å². The number of phenolic OH excluding ortho intramolecular Hbond substituents is 1. The fourth-order valence-corrected chi connectivity index (χ4v) is 2.55. The third-order valence-electron chi connectivity index (χ3n) is 2.91. The predicted octanol–water partition coefficient (Wildman–Crippen LogP) is 4.52. The van der Waals surface area contributed by atoms with Crippen LogP contribution in [0.3, 0.4) is 0 Å². The van der Waals surface area contributed by atoms with E-state index in [9.17, 15) is 9.90 Å². The number of ether oxygens (including phenoxy) is 1. The molecule has 126 valence electrons. The summed E-state index contributed by atoms with van der Waals surface area (Å²) in [5.41, 5.74) is 3.14. The van der Waals surface area contributed by atoms with Crippen LogP contribution in [0.15, 0.2) is 35.4 Å². The van der Waals surface area contributed by atoms with E-state index in [4.69, 9.17) is 39.5 Å². The summed E-state index contributed by atoms with van der Waals surface area (Å²) in [6.07, 6.45) is 1.37. The maximum absolute atomic E-state index is 12.0. The van der Waals surface area contributed by atoms with Crippen LogP contribution >= 0.6 is 34.8 Å². The topological polar surface area (TPSA) is 70.9 Å². The van der Waals surface area contributed by atoms with Gasteiger partial charge in [0.2, 0.25) is 0 Å². The van der Waals surface area contributed by atoms with Crippen molar-refractivity contribution >= 4 is 46.9 Å². The van der Waals surface area contributed by atoms with Crippen molar-refractivity contribution in [3.05, 3.63) is 56.5 Å². The summed E-state index contributed by atoms with van der Waals surface area (Å²) in [6.45, 7) is 2.15. The molecule has 0 spiro atoms. The molecule has 0 fully saturated rings. The summed E-state index contributed by atoms with van der Waals surface area (Å²) in [4.78, 5) is 12.0. The fraction of sp³-hybridized carbons (Fsp3) is 0.125. The number of hydrogen-bond acceptors (Lipinski definition) is 4. The molecule has 0 aromatic heterocycles. The normalized spacial score (nSPS) is 10.8. The Morgan fingerprint density at radius 3 is 2.67 bits per heavy atom. The van der Waals surface area contributed by atoms with E-state index in [0.717, 1.165) is 0 Å². The summed E-state index contributed by atoms with van der Waals surface area (Å²) >= 11 is 17.7. The maximum Gasteiger partial charge on any atom is 0.272 e. The van der Waals surface area contributed by atoms with Gasteiger partial charge in [-0.05, 0) is 42.8 Å². The molecule has 0 saturated heterocycles. The second-order valence-corrected chi connectivity index (χ2v) is 5.86. The maximum atomic E-state index is 12.0. The van der Waals surface area contributed by atoms with Crippen LogP contribution in [0.5, 0.6) is 11.5 Å². The third kappa shape index (κ3) is 4.54. The van der Waals surface area contributed by atoms with E-state index in [1.807, 2.05) is 0 Å². The second kappa shape index (κ2) is 8.24. The molecule has 0 aliphatic rings. The Morgan fingerprint density at radius 1 is 1.25 bits per heavy atom. The van der Waals surface area contributed by atoms with E-state index in [1.165, 1.54) is 24.4 Å². The van der Waals surface area contributed by atoms with Gasteiger partial charge in [0.05, 0.1) is 28.4 Å². The zero-order valence-electron chi connectivity index (χ0n) is 12.5. The van der Waals surface area contributed by atoms with Gasteiger partial charge in [-0.3, -0.25) is 4.79 Å². The van der Waals surface area contributed by atoms with Gasteiger partial charge in [0, 0.05) is 5.02 Å². The number of nitrogens with one attached hydrogen (secondary N) is 1. The van der Waals surface area contributed by atoms with Gasteiger partial charge >= 0.3 is 0 Å². The Kier molecular flexibility index (Phi) is 6.31. The highest BCUT2D eigenvalue weighted by molar-refractivity contribution is 6.36. The first-order valence-electron chi connectivity index (χ1n) is 6.86. The van der Waals surface area contributed by atoms with Crippen molar-refractivity contribution in [1.29, 1.82) is 0 Å². The molecule has 2 rings (SSSR count). The van der Waals surface area contributed by atoms with Gasteiger partial charge in [0.15, 0.2) is 11.5 Å². The van der Waals surface area contributed by atoms with E-state index in [0.29, 0.717) is 17.2 Å². The smallest absolute Gasteiger partial charge is 0.272 e. The molecule has 0 saturated carbocycles. The minimum absolute atomic E-state index is 0.120. The number of nitrogens with zero attached hydrogens (tertiary/aromatic N) is 1. The first kappa shape index (κ1) is 18.4. The molecule has 0 aliphatic carbocycles. The van der Waals surface area contributed by atoms with Crippen molar-refractivity contribution < 1.29 is 14.6 Å². The summed E-state index contributed by atoms with van der Waals surface area (Å²) in [6, 6.07) is 7.57. The summed E-state index contributed by atoms with van der Waals surface area (Å²) in [7, 11) is 0. The average Bonchev–Trinajstić information content (AvgIpc) is 2.52. The quantitative estimate of drug-likeness (QED) is 0.585. The van der Waals surface area contributed by atoms with Crippen LogP contribution in [0.25, 0.3) is 0 Å². The largest absolute Gasteiger partial charge is 0.503 e. The molecule has 2 N–H and O–H groups in total. The lowest BCUT2D eigenvalue weighted by Crippen LogP contribution is -2.18. The zero-order chi connectivity index (χ0) is 17.7. The average molecular weight is 388 g/mol. The molecule has 0 heterocycles. The molecule has 2 aromatic carbocycles. The number of halogens is 3. The minimum Gasteiger partial charge on any atom is -0.503 e. The van der Waals surface area contributed by atoms with Crippen molar-refractivity contribution in [2.24, 2.45) is 5.10 Å². The molecule has 0 aliphatic heterocycles. The Hall–Kier alpha value is -1.95. The molecule has 8 heteroatoms. The number of carbonyl (C=O) groups is 1. The van der Waals surface area contributed by atoms with Crippen molar-refractivity contribution in [1.82, 2.24) is 5.43 Å². The SMILES string of the molecule is CCOc1cc(/C=N\NC(=O)c2ccc(Cl)cc2Cl)cc(Cl)c1O. The van der Waals surface area contributed by atoms with E-state index < -0.39 is 5.91 Å². The number of rotatable bonds is 5. The Labute approximate surface area is 153 Å². The standard InChI is InChI=1S/C16H13Cl3N2O3/c1-2-24-14-6-9(5-13(19)15(14)22)8-20-21-16(23)11-4-3-10(17)7-12(11)18/h3-8,22H,2H2,1H3,(H,21,23)/b20-8-. The van der Waals surface area contributed by atoms with Crippen LogP contribution in [0.2, 0.25) is 15.1 Å². The molecular weight excluding hydrogens is 375 g/mol. The highest BCUT2D eigenvalue weighted by atomic mass is 35.5. The number of carbonyl (C=O) groups excluding carboxylic acids is 1. The zero-order valence-corrected chi connectivity index (χ0v) is 14.8. The lowest BCUT2D eigenvalue weighted by Gasteiger charge is -2.08. The van der Waals surface area contributed by atoms with Crippen LogP contribution < -0.4 is 10.2 Å². The Morgan fingerprint density at radius 2 is 2.00 bits per heavy atom. The highest BCUT2D eigenvalue weighted by Crippen LogP contribution is 2.34. The molecule has 5 nitrogen and oxygen atoms in total. The van der Waals surface area contributed by atoms with Crippen molar-refractivity contribution in [2.45, 2.75) is 6.92 Å². The van der Waals surface area contributed by atoms with Crippen LogP contribution in [0.4, 0.5) is 0 Å². The van der Waals surface area contributed by atoms with E-state index >= 15 is 0 Å². The molecular formula is C16H13Cl3N2O3. The lowest BCUT2D eigenvalue weighted by molar-refractivity contribution is 0.0955. The third-order valence-corrected chi connectivity index (χ3v) is 3.74. The van der Waals surface area contributed by atoms with Gasteiger partial charge in [-0.2, -0.15) is 5.10 Å². The van der Waals surface area contributed by atoms with Gasteiger partial charge in [-0.1, -0.05) is 34.8 Å². The van der Waals surface area contributed by atoms with Gasteiger partial charge in [-0.15, -0.1) is 0 Å². The van der Waals surface area contributed by atoms with Gasteiger partial charge in [0.25, 0.3) is 5.91 Å². The van der Waals surface area contributed by atoms with Gasteiger partial charge in [-0.25, -0.2) is 5.43 Å². The molecule has 0 unspecified atom stereocenters. The highest BCUT2D eigenvalue weighted by Gasteiger charge is 2.11. The number of amides is 1. The number of benzene rings is 2. The molecule has 0 atom stereocenters. The molecule has 1 amide bonds. The first-order chi connectivity index (χ1) is 11.4. The Bertz CT molecular complexity index is 794. The van der Waals surface area contributed by atoms with Gasteiger partial charge in [0.1, 0.15) is 0 Å². The summed E-state index contributed by atoms with van der Waals surface area (Å²) in [5.74, 6) is -0.394. The van der Waals surface area contributed by atoms with Crippen molar-refractivity contribution in [2.75, 3.05) is 6.61 Å². The summed E-state index contributed by atoms with van der Waals surface area (Å²) < 4.78 is 5.27. The number of hydrazone groups is 1. The predicted molar refractivity (Wildman–Crippen MR) is 95.8 cm³/mol. The van der Waals surface area contributed by atoms with Gasteiger partial charge < -0.3 is 9.84 Å². The molecule has 0 radical (unpaired) electrons. The first-order valence-corrected chi connectivity index (χ1v) is 7.99. The van der Waals surface area contributed by atoms with E-state index in [-0.39, 0.29) is 27.1 Å². The Balaban J connectivity index is 2.12. The van der Waals surface area contributed by atoms with Crippen LogP contribution in [0.1, 0.15) is 22.8 Å². The molecule has 0 bridgehead atoms. The molecule has 2 aromatic rings. The fourth-order valence-electron chi connectivity index (χ4n) is 1.83. The molecule has 24 heavy (non-hydrogen) atoms. The monoisotopic (exact) mass is 386 g/mol. The van der Waals surface area contributed by atoms with Crippen LogP contribution in [-0.4, -0.2) is 23.8 Å². The second-order valence-electron chi connectivity index (χ2n) is 4.61. The van der Waals surface area contributed by atoms with Crippen LogP contribution in [0, 0.1) is 0 Å². The van der Waals surface area contributed by atoms with E-state index in [1.54, 1.807) is 19.1 Å². The summed E-state index contributed by atoms with van der Waals surface area (Å²) in [5, 5.41) is 14.4. The number of hydrogen-bond donors (Lipinski definition) is 2. The number of aromatic hydroxyl groups is 1. The van der Waals surface area contributed by atoms with Crippen LogP contribution in [-0.2, 0) is 0 Å². The van der Waals surface area contributed by atoms with Crippen molar-refractivity contribution in [3.8, 4) is 11.5 Å². The number of phenols is 1.